The number of aliphatic hydroxyl groups excluding tert-OH is 1. The van der Waals surface area contributed by atoms with E-state index in [1.165, 1.54) is 6.20 Å². The highest BCUT2D eigenvalue weighted by Crippen LogP contribution is 2.15. The van der Waals surface area contributed by atoms with Crippen LogP contribution in [0.15, 0.2) is 30.5 Å². The number of aliphatic hydroxyl groups is 1. The molecule has 2 rings (SSSR count). The van der Waals surface area contributed by atoms with Gasteiger partial charge in [-0.1, -0.05) is 28.2 Å². The van der Waals surface area contributed by atoms with Gasteiger partial charge >= 0.3 is 0 Å². The molecule has 7 heteroatoms. The fraction of sp³-hybridized carbons (Fsp3) is 0.182. The zero-order chi connectivity index (χ0) is 13.0. The fourth-order valence-electron chi connectivity index (χ4n) is 1.35. The minimum Gasteiger partial charge on any atom is -0.387 e. The molecule has 1 aromatic carbocycles. The maximum absolute atomic E-state index is 11.6. The van der Waals surface area contributed by atoms with Gasteiger partial charge in [0.15, 0.2) is 0 Å². The zero-order valence-corrected chi connectivity index (χ0v) is 10.8. The summed E-state index contributed by atoms with van der Waals surface area (Å²) < 4.78 is 3.59. The molecule has 1 unspecified atom stereocenters. The predicted octanol–water partition coefficient (Wildman–Crippen LogP) is 1.65. The van der Waals surface area contributed by atoms with Crippen LogP contribution in [0, 0.1) is 0 Å². The molecular formula is C11H10ClN3O2S. The first kappa shape index (κ1) is 12.9. The molecule has 1 heterocycles. The first-order chi connectivity index (χ1) is 8.66. The van der Waals surface area contributed by atoms with E-state index in [2.05, 4.69) is 14.9 Å². The van der Waals surface area contributed by atoms with Crippen LogP contribution in [0.4, 0.5) is 0 Å². The number of carbonyl (C=O) groups excluding carboxylic acids is 1. The molecule has 2 aromatic rings. The number of carbonyl (C=O) groups is 1. The molecule has 0 fully saturated rings. The van der Waals surface area contributed by atoms with Gasteiger partial charge in [-0.3, -0.25) is 4.79 Å². The summed E-state index contributed by atoms with van der Waals surface area (Å²) in [5.41, 5.74) is 0.696. The Hall–Kier alpha value is -1.50. The number of amides is 1. The number of nitrogens with zero attached hydrogens (tertiary/aromatic N) is 2. The van der Waals surface area contributed by atoms with Gasteiger partial charge in [-0.25, -0.2) is 0 Å². The summed E-state index contributed by atoms with van der Waals surface area (Å²) in [6.07, 6.45) is 0.612. The van der Waals surface area contributed by atoms with Crippen molar-refractivity contribution in [1.82, 2.24) is 14.9 Å². The number of aromatic nitrogens is 2. The van der Waals surface area contributed by atoms with Crippen LogP contribution in [0.3, 0.4) is 0 Å². The first-order valence-electron chi connectivity index (χ1n) is 5.16. The van der Waals surface area contributed by atoms with Crippen LogP contribution >= 0.6 is 23.1 Å². The second-order valence-corrected chi connectivity index (χ2v) is 4.78. The van der Waals surface area contributed by atoms with E-state index in [0.717, 1.165) is 11.5 Å². The topological polar surface area (TPSA) is 75.1 Å². The van der Waals surface area contributed by atoms with Gasteiger partial charge in [0.05, 0.1) is 12.3 Å². The Balaban J connectivity index is 1.90. The average Bonchev–Trinajstić information content (AvgIpc) is 2.90. The predicted molar refractivity (Wildman–Crippen MR) is 68.7 cm³/mol. The Kier molecular flexibility index (Phi) is 4.24. The van der Waals surface area contributed by atoms with Gasteiger partial charge in [-0.2, -0.15) is 0 Å². The number of halogens is 1. The zero-order valence-electron chi connectivity index (χ0n) is 9.21. The molecule has 1 amide bonds. The van der Waals surface area contributed by atoms with Crippen LogP contribution in [0.5, 0.6) is 0 Å². The number of nitrogens with one attached hydrogen (secondary N) is 1. The van der Waals surface area contributed by atoms with E-state index in [1.807, 2.05) is 0 Å². The van der Waals surface area contributed by atoms with Crippen molar-refractivity contribution in [2.24, 2.45) is 0 Å². The molecule has 0 aliphatic heterocycles. The van der Waals surface area contributed by atoms with E-state index in [1.54, 1.807) is 24.3 Å². The summed E-state index contributed by atoms with van der Waals surface area (Å²) in [4.78, 5) is 12.0. The lowest BCUT2D eigenvalue weighted by molar-refractivity contribution is 0.0920. The number of benzene rings is 1. The molecule has 1 aromatic heterocycles. The van der Waals surface area contributed by atoms with Gasteiger partial charge in [0.1, 0.15) is 4.88 Å². The van der Waals surface area contributed by atoms with Crippen molar-refractivity contribution in [3.05, 3.63) is 45.9 Å². The summed E-state index contributed by atoms with van der Waals surface area (Å²) in [5, 5.41) is 16.6. The Morgan fingerprint density at radius 3 is 2.78 bits per heavy atom. The SMILES string of the molecule is O=C(NCC(O)c1ccc(Cl)cc1)c1cnns1. The lowest BCUT2D eigenvalue weighted by Crippen LogP contribution is -2.27. The van der Waals surface area contributed by atoms with E-state index in [4.69, 9.17) is 11.6 Å². The minimum atomic E-state index is -0.771. The molecule has 0 aliphatic rings. The molecule has 0 saturated heterocycles. The smallest absolute Gasteiger partial charge is 0.264 e. The van der Waals surface area contributed by atoms with Crippen molar-refractivity contribution < 1.29 is 9.90 Å². The van der Waals surface area contributed by atoms with Crippen LogP contribution in [0.25, 0.3) is 0 Å². The van der Waals surface area contributed by atoms with E-state index in [-0.39, 0.29) is 12.5 Å². The van der Waals surface area contributed by atoms with Gasteiger partial charge in [0.2, 0.25) is 0 Å². The highest BCUT2D eigenvalue weighted by molar-refractivity contribution is 7.07. The third-order valence-corrected chi connectivity index (χ3v) is 3.21. The second kappa shape index (κ2) is 5.90. The Bertz CT molecular complexity index is 516. The quantitative estimate of drug-likeness (QED) is 0.895. The monoisotopic (exact) mass is 283 g/mol. The summed E-state index contributed by atoms with van der Waals surface area (Å²) in [5.74, 6) is -0.294. The highest BCUT2D eigenvalue weighted by Gasteiger charge is 2.12. The standard InChI is InChI=1S/C11H10ClN3O2S/c12-8-3-1-7(2-4-8)9(16)5-13-11(17)10-6-14-15-18-10/h1-4,6,9,16H,5H2,(H,13,17). The molecule has 18 heavy (non-hydrogen) atoms. The highest BCUT2D eigenvalue weighted by atomic mass is 35.5. The minimum absolute atomic E-state index is 0.123. The lowest BCUT2D eigenvalue weighted by Gasteiger charge is -2.11. The van der Waals surface area contributed by atoms with Crippen LogP contribution in [0.1, 0.15) is 21.3 Å². The largest absolute Gasteiger partial charge is 0.387 e. The van der Waals surface area contributed by atoms with Gasteiger partial charge in [-0.15, -0.1) is 5.10 Å². The molecule has 94 valence electrons. The number of hydrogen-bond donors (Lipinski definition) is 2. The Labute approximate surface area is 113 Å². The van der Waals surface area contributed by atoms with Gasteiger partial charge in [-0.05, 0) is 29.2 Å². The van der Waals surface area contributed by atoms with Crippen LogP contribution in [-0.2, 0) is 0 Å². The van der Waals surface area contributed by atoms with Crippen molar-refractivity contribution in [3.8, 4) is 0 Å². The summed E-state index contributed by atoms with van der Waals surface area (Å²) in [7, 11) is 0. The van der Waals surface area contributed by atoms with E-state index < -0.39 is 6.10 Å². The number of hydrogen-bond acceptors (Lipinski definition) is 5. The maximum atomic E-state index is 11.6. The molecule has 0 aliphatic carbocycles. The molecule has 0 bridgehead atoms. The maximum Gasteiger partial charge on any atom is 0.264 e. The Morgan fingerprint density at radius 2 is 2.17 bits per heavy atom. The molecule has 5 nitrogen and oxygen atoms in total. The van der Waals surface area contributed by atoms with Crippen LogP contribution in [-0.4, -0.2) is 27.1 Å². The van der Waals surface area contributed by atoms with Crippen molar-refractivity contribution in [2.75, 3.05) is 6.54 Å². The third kappa shape index (κ3) is 3.25. The van der Waals surface area contributed by atoms with Gasteiger partial charge in [0.25, 0.3) is 5.91 Å². The molecule has 0 radical (unpaired) electrons. The summed E-state index contributed by atoms with van der Waals surface area (Å²) >= 11 is 6.76. The molecule has 0 saturated carbocycles. The lowest BCUT2D eigenvalue weighted by atomic mass is 10.1. The van der Waals surface area contributed by atoms with Gasteiger partial charge < -0.3 is 10.4 Å². The van der Waals surface area contributed by atoms with Gasteiger partial charge in [0, 0.05) is 11.6 Å². The average molecular weight is 284 g/mol. The first-order valence-corrected chi connectivity index (χ1v) is 6.31. The van der Waals surface area contributed by atoms with Crippen LogP contribution in [0.2, 0.25) is 5.02 Å². The molecule has 1 atom stereocenters. The fourth-order valence-corrected chi connectivity index (χ4v) is 1.90. The van der Waals surface area contributed by atoms with Crippen molar-refractivity contribution in [2.45, 2.75) is 6.10 Å². The second-order valence-electron chi connectivity index (χ2n) is 3.56. The van der Waals surface area contributed by atoms with E-state index in [0.29, 0.717) is 15.5 Å². The van der Waals surface area contributed by atoms with Crippen LogP contribution < -0.4 is 5.32 Å². The third-order valence-electron chi connectivity index (χ3n) is 2.30. The molecular weight excluding hydrogens is 274 g/mol. The normalized spacial score (nSPS) is 12.1. The molecule has 2 N–H and O–H groups in total. The van der Waals surface area contributed by atoms with Crippen molar-refractivity contribution in [3.63, 3.8) is 0 Å². The Morgan fingerprint density at radius 1 is 1.44 bits per heavy atom. The van der Waals surface area contributed by atoms with E-state index in [9.17, 15) is 9.90 Å². The van der Waals surface area contributed by atoms with E-state index >= 15 is 0 Å². The van der Waals surface area contributed by atoms with Crippen molar-refractivity contribution in [1.29, 1.82) is 0 Å². The summed E-state index contributed by atoms with van der Waals surface area (Å²) in [6, 6.07) is 6.81. The number of rotatable bonds is 4. The van der Waals surface area contributed by atoms with Crippen molar-refractivity contribution >= 4 is 29.0 Å². The molecule has 0 spiro atoms. The summed E-state index contributed by atoms with van der Waals surface area (Å²) in [6.45, 7) is 0.123.